The number of aliphatic hydroxyl groups is 2. The van der Waals surface area contributed by atoms with Crippen LogP contribution in [0.4, 0.5) is 0 Å². The Morgan fingerprint density at radius 1 is 1.08 bits per heavy atom. The van der Waals surface area contributed by atoms with Crippen LogP contribution >= 0.6 is 0 Å². The fourth-order valence-electron chi connectivity index (χ4n) is 6.69. The number of benzene rings is 1. The van der Waals surface area contributed by atoms with E-state index in [1.807, 2.05) is 19.1 Å². The highest BCUT2D eigenvalue weighted by molar-refractivity contribution is 6.77. The summed E-state index contributed by atoms with van der Waals surface area (Å²) < 4.78 is 19.2. The van der Waals surface area contributed by atoms with E-state index in [9.17, 15) is 19.8 Å². The summed E-state index contributed by atoms with van der Waals surface area (Å²) in [4.78, 5) is 28.0. The van der Waals surface area contributed by atoms with Crippen molar-refractivity contribution >= 4 is 20.0 Å². The molecule has 0 aliphatic carbocycles. The Kier molecular flexibility index (Phi) is 8.06. The van der Waals surface area contributed by atoms with Crippen LogP contribution in [0.15, 0.2) is 53.8 Å². The number of Topliss-reactive ketones (excluding diaryl/α,β-unsaturated/α-hetero) is 1. The molecule has 1 unspecified atom stereocenters. The zero-order chi connectivity index (χ0) is 28.9. The fraction of sp³-hybridized carbons (Fsp3) is 0.600. The van der Waals surface area contributed by atoms with Crippen molar-refractivity contribution in [2.75, 3.05) is 0 Å². The van der Waals surface area contributed by atoms with E-state index in [1.54, 1.807) is 37.3 Å². The van der Waals surface area contributed by atoms with E-state index in [0.29, 0.717) is 5.56 Å². The lowest BCUT2D eigenvalue weighted by atomic mass is 9.84. The van der Waals surface area contributed by atoms with Gasteiger partial charge in [-0.1, -0.05) is 91.0 Å². The molecule has 9 heteroatoms. The quantitative estimate of drug-likeness (QED) is 0.168. The Morgan fingerprint density at radius 3 is 2.21 bits per heavy atom. The topological polar surface area (TPSA) is 118 Å². The SMILES string of the molecule is CC/C=C\[C@@H]1O[C@H]1C1=C(C)C(=O)[C@]2(O1)C(=O)N[C@@](O)(C(O)c1ccccc1)[C@@H]2O[Si](C(C)C)(C(C)C)C(C)C. The molecule has 1 spiro atoms. The molecule has 4 rings (SSSR count). The van der Waals surface area contributed by atoms with Crippen LogP contribution in [0.3, 0.4) is 0 Å². The normalized spacial score (nSPS) is 31.8. The van der Waals surface area contributed by atoms with E-state index in [2.05, 4.69) is 46.9 Å². The molecule has 3 N–H and O–H groups in total. The molecule has 0 saturated carbocycles. The van der Waals surface area contributed by atoms with Gasteiger partial charge in [0.1, 0.15) is 24.1 Å². The van der Waals surface area contributed by atoms with E-state index in [0.717, 1.165) is 6.42 Å². The minimum absolute atomic E-state index is 0.0729. The van der Waals surface area contributed by atoms with Crippen LogP contribution in [0.5, 0.6) is 0 Å². The molecule has 8 nitrogen and oxygen atoms in total. The van der Waals surface area contributed by atoms with Crippen LogP contribution in [0.1, 0.15) is 73.5 Å². The monoisotopic (exact) mass is 557 g/mol. The number of amides is 1. The number of carbonyl (C=O) groups excluding carboxylic acids is 2. The first-order valence-electron chi connectivity index (χ1n) is 14.0. The van der Waals surface area contributed by atoms with Crippen LogP contribution in [-0.4, -0.2) is 59.9 Å². The standard InChI is InChI=1S/C30H43NO7Si/c1-9-10-16-22-24(36-22)23-20(8)25(32)29(37-23)27(38-39(17(2)3,18(4)5)19(6)7)30(35,31-28(29)34)26(33)21-14-12-11-13-15-21/h10-19,22,24,26-27,33,35H,9H2,1-8H3,(H,31,34)/b16-10-/t22-,24+,26?,27+,29+,30+/m0/s1. The molecule has 2 fully saturated rings. The molecule has 1 amide bonds. The third-order valence-corrected chi connectivity index (χ3v) is 14.7. The predicted molar refractivity (Wildman–Crippen MR) is 150 cm³/mol. The number of ketones is 1. The van der Waals surface area contributed by atoms with Crippen molar-refractivity contribution in [1.29, 1.82) is 0 Å². The summed E-state index contributed by atoms with van der Waals surface area (Å²) in [6.45, 7) is 16.1. The number of epoxide rings is 1. The summed E-state index contributed by atoms with van der Waals surface area (Å²) in [7, 11) is -2.82. The smallest absolute Gasteiger partial charge is 0.277 e. The van der Waals surface area contributed by atoms with Crippen molar-refractivity contribution in [3.8, 4) is 0 Å². The first kappa shape index (κ1) is 29.7. The second-order valence-electron chi connectivity index (χ2n) is 11.9. The fourth-order valence-corrected chi connectivity index (χ4v) is 12.3. The van der Waals surface area contributed by atoms with Gasteiger partial charge in [0.15, 0.2) is 11.8 Å². The Labute approximate surface area is 232 Å². The minimum atomic E-state index is -2.82. The molecular weight excluding hydrogens is 514 g/mol. The largest absolute Gasteiger partial charge is 0.467 e. The van der Waals surface area contributed by atoms with Gasteiger partial charge in [0, 0.05) is 5.57 Å². The van der Waals surface area contributed by atoms with Crippen molar-refractivity contribution < 1.29 is 33.7 Å². The second kappa shape index (κ2) is 10.6. The zero-order valence-corrected chi connectivity index (χ0v) is 25.2. The molecule has 0 bridgehead atoms. The van der Waals surface area contributed by atoms with Crippen LogP contribution in [0.2, 0.25) is 16.6 Å². The van der Waals surface area contributed by atoms with Gasteiger partial charge in [-0.05, 0) is 35.5 Å². The maximum absolute atomic E-state index is 14.1. The van der Waals surface area contributed by atoms with Gasteiger partial charge >= 0.3 is 0 Å². The molecule has 214 valence electrons. The van der Waals surface area contributed by atoms with Crippen molar-refractivity contribution in [3.05, 3.63) is 59.4 Å². The molecule has 6 atom stereocenters. The number of hydrogen-bond donors (Lipinski definition) is 3. The van der Waals surface area contributed by atoms with Gasteiger partial charge in [-0.25, -0.2) is 0 Å². The summed E-state index contributed by atoms with van der Waals surface area (Å²) in [6, 6.07) is 8.57. The van der Waals surface area contributed by atoms with Crippen molar-refractivity contribution in [2.45, 2.75) is 114 Å². The Morgan fingerprint density at radius 2 is 1.67 bits per heavy atom. The van der Waals surface area contributed by atoms with E-state index < -0.39 is 49.6 Å². The summed E-state index contributed by atoms with van der Waals surface area (Å²) in [6.07, 6.45) is 0.882. The lowest BCUT2D eigenvalue weighted by Gasteiger charge is -2.48. The molecule has 2 saturated heterocycles. The molecule has 1 aromatic carbocycles. The zero-order valence-electron chi connectivity index (χ0n) is 24.2. The highest BCUT2D eigenvalue weighted by Crippen LogP contribution is 2.53. The van der Waals surface area contributed by atoms with E-state index in [4.69, 9.17) is 13.9 Å². The molecule has 3 aliphatic rings. The molecule has 1 aromatic rings. The number of hydrogen-bond acceptors (Lipinski definition) is 7. The van der Waals surface area contributed by atoms with Gasteiger partial charge in [0.05, 0.1) is 0 Å². The molecular formula is C30H43NO7Si. The van der Waals surface area contributed by atoms with Gasteiger partial charge in [0.2, 0.25) is 14.1 Å². The van der Waals surface area contributed by atoms with Gasteiger partial charge in [0.25, 0.3) is 11.5 Å². The summed E-state index contributed by atoms with van der Waals surface area (Å²) in [5, 5.41) is 26.3. The third kappa shape index (κ3) is 4.52. The van der Waals surface area contributed by atoms with E-state index >= 15 is 0 Å². The Hall–Kier alpha value is -2.30. The lowest BCUT2D eigenvalue weighted by molar-refractivity contribution is -0.180. The molecule has 0 aromatic heterocycles. The Bertz CT molecular complexity index is 1140. The minimum Gasteiger partial charge on any atom is -0.467 e. The number of aliphatic hydroxyl groups excluding tert-OH is 1. The first-order chi connectivity index (χ1) is 18.3. The van der Waals surface area contributed by atoms with Crippen molar-refractivity contribution in [1.82, 2.24) is 5.32 Å². The van der Waals surface area contributed by atoms with Gasteiger partial charge < -0.3 is 29.4 Å². The maximum atomic E-state index is 14.1. The molecule has 0 radical (unpaired) electrons. The number of carbonyl (C=O) groups is 2. The molecule has 3 heterocycles. The number of ether oxygens (including phenoxy) is 2. The van der Waals surface area contributed by atoms with E-state index in [-0.39, 0.29) is 34.1 Å². The summed E-state index contributed by atoms with van der Waals surface area (Å²) in [5.74, 6) is -1.13. The average molecular weight is 558 g/mol. The maximum Gasteiger partial charge on any atom is 0.277 e. The highest BCUT2D eigenvalue weighted by atomic mass is 28.4. The van der Waals surface area contributed by atoms with Crippen molar-refractivity contribution in [3.63, 3.8) is 0 Å². The van der Waals surface area contributed by atoms with Crippen LogP contribution in [0.25, 0.3) is 0 Å². The second-order valence-corrected chi connectivity index (χ2v) is 17.3. The van der Waals surface area contributed by atoms with E-state index in [1.165, 1.54) is 0 Å². The molecule has 3 aliphatic heterocycles. The van der Waals surface area contributed by atoms with Gasteiger partial charge in [-0.2, -0.15) is 0 Å². The predicted octanol–water partition coefficient (Wildman–Crippen LogP) is 4.44. The van der Waals surface area contributed by atoms with Crippen LogP contribution in [-0.2, 0) is 23.5 Å². The third-order valence-electron chi connectivity index (χ3n) is 8.65. The van der Waals surface area contributed by atoms with Crippen LogP contribution in [0, 0.1) is 0 Å². The highest BCUT2D eigenvalue weighted by Gasteiger charge is 2.76. The lowest BCUT2D eigenvalue weighted by Crippen LogP contribution is -2.65. The summed E-state index contributed by atoms with van der Waals surface area (Å²) >= 11 is 0. The number of allylic oxidation sites excluding steroid dienone is 1. The summed E-state index contributed by atoms with van der Waals surface area (Å²) in [5.41, 5.74) is -3.66. The number of rotatable bonds is 10. The van der Waals surface area contributed by atoms with Gasteiger partial charge in [-0.15, -0.1) is 0 Å². The Balaban J connectivity index is 1.85. The van der Waals surface area contributed by atoms with Crippen molar-refractivity contribution in [2.24, 2.45) is 0 Å². The van der Waals surface area contributed by atoms with Gasteiger partial charge in [-0.3, -0.25) is 9.59 Å². The van der Waals surface area contributed by atoms with Crippen LogP contribution < -0.4 is 5.32 Å². The first-order valence-corrected chi connectivity index (χ1v) is 16.1. The molecule has 39 heavy (non-hydrogen) atoms. The number of nitrogens with one attached hydrogen (secondary N) is 1. The average Bonchev–Trinajstić information content (AvgIpc) is 3.56.